The van der Waals surface area contributed by atoms with Crippen LogP contribution in [0.25, 0.3) is 11.0 Å². The van der Waals surface area contributed by atoms with E-state index in [2.05, 4.69) is 20.6 Å². The number of imidazole rings is 1. The van der Waals surface area contributed by atoms with Crippen molar-refractivity contribution >= 4 is 16.9 Å². The van der Waals surface area contributed by atoms with Crippen molar-refractivity contribution in [3.05, 3.63) is 89.4 Å². The maximum absolute atomic E-state index is 14.2. The van der Waals surface area contributed by atoms with Crippen molar-refractivity contribution in [2.24, 2.45) is 0 Å². The van der Waals surface area contributed by atoms with Crippen molar-refractivity contribution in [3.8, 4) is 0 Å². The quantitative estimate of drug-likeness (QED) is 0.180. The predicted octanol–water partition coefficient (Wildman–Crippen LogP) is 4.69. The molecule has 6 nitrogen and oxygen atoms in total. The summed E-state index contributed by atoms with van der Waals surface area (Å²) >= 11 is 0. The Labute approximate surface area is 197 Å². The molecule has 4 aromatic rings. The van der Waals surface area contributed by atoms with Gasteiger partial charge in [-0.2, -0.15) is 13.2 Å². The minimum Gasteiger partial charge on any atom is -0.374 e. The van der Waals surface area contributed by atoms with Gasteiger partial charge in [0.2, 0.25) is 0 Å². The van der Waals surface area contributed by atoms with Crippen LogP contribution in [0.2, 0.25) is 0 Å². The first-order valence-electron chi connectivity index (χ1n) is 10.8. The first-order valence-corrected chi connectivity index (χ1v) is 10.8. The Morgan fingerprint density at radius 2 is 1.71 bits per heavy atom. The van der Waals surface area contributed by atoms with Gasteiger partial charge in [0.1, 0.15) is 29.5 Å². The predicted molar refractivity (Wildman–Crippen MR) is 120 cm³/mol. The van der Waals surface area contributed by atoms with E-state index < -0.39 is 29.6 Å². The molecular weight excluding hydrogens is 469 g/mol. The molecular formula is C24H22F5N5O. The summed E-state index contributed by atoms with van der Waals surface area (Å²) < 4.78 is 68.1. The lowest BCUT2D eigenvalue weighted by atomic mass is 10.2. The first kappa shape index (κ1) is 24.6. The average Bonchev–Trinajstić information content (AvgIpc) is 3.16. The molecule has 2 aromatic heterocycles. The zero-order chi connectivity index (χ0) is 25.0. The fraction of sp³-hybridized carbons (Fsp3) is 0.250. The summed E-state index contributed by atoms with van der Waals surface area (Å²) in [6, 6.07) is 13.0. The summed E-state index contributed by atoms with van der Waals surface area (Å²) in [5.41, 5.74) is 0.455. The van der Waals surface area contributed by atoms with Crippen molar-refractivity contribution in [1.82, 2.24) is 19.9 Å². The van der Waals surface area contributed by atoms with Gasteiger partial charge in [-0.05, 0) is 42.9 Å². The van der Waals surface area contributed by atoms with E-state index in [9.17, 15) is 27.1 Å². The van der Waals surface area contributed by atoms with Crippen LogP contribution in [0.3, 0.4) is 0 Å². The number of nitrogens with one attached hydrogen (secondary N) is 2. The average molecular weight is 491 g/mol. The minimum absolute atomic E-state index is 0.0419. The molecule has 2 aromatic carbocycles. The maximum Gasteiger partial charge on any atom is 0.417 e. The standard InChI is InChI=1S/C24H22F5N5O/c25-17-4-3-5-18(26)16(17)14-34-20-7-2-1-6-19(20)32-22(34)13-30-11-10-23(35)33-21-9-8-15(12-31-21)24(27,28)29/h1-9,12,23,30,35H,10-11,13-14H2,(H,31,33). The SMILES string of the molecule is OC(CCNCc1nc2ccccc2n1Cc1c(F)cccc1F)Nc1ccc(C(F)(F)F)cn1. The summed E-state index contributed by atoms with van der Waals surface area (Å²) in [6.45, 7) is 0.544. The van der Waals surface area contributed by atoms with E-state index in [0.717, 1.165) is 17.6 Å². The van der Waals surface area contributed by atoms with Crippen molar-refractivity contribution in [2.75, 3.05) is 11.9 Å². The van der Waals surface area contributed by atoms with E-state index in [0.29, 0.717) is 24.1 Å². The van der Waals surface area contributed by atoms with Gasteiger partial charge in [-0.3, -0.25) is 0 Å². The molecule has 3 N–H and O–H groups in total. The second-order valence-corrected chi connectivity index (χ2v) is 7.86. The van der Waals surface area contributed by atoms with Gasteiger partial charge in [0.05, 0.1) is 29.7 Å². The number of halogens is 5. The van der Waals surface area contributed by atoms with Gasteiger partial charge in [0, 0.05) is 18.2 Å². The highest BCUT2D eigenvalue weighted by Gasteiger charge is 2.30. The molecule has 35 heavy (non-hydrogen) atoms. The molecule has 0 saturated carbocycles. The molecule has 2 heterocycles. The molecule has 0 saturated heterocycles. The number of para-hydroxylation sites is 2. The summed E-state index contributed by atoms with van der Waals surface area (Å²) in [5, 5.41) is 15.9. The minimum atomic E-state index is -4.48. The van der Waals surface area contributed by atoms with E-state index in [1.54, 1.807) is 10.6 Å². The van der Waals surface area contributed by atoms with Crippen molar-refractivity contribution < 1.29 is 27.1 Å². The fourth-order valence-corrected chi connectivity index (χ4v) is 3.61. The molecule has 1 atom stereocenters. The maximum atomic E-state index is 14.2. The summed E-state index contributed by atoms with van der Waals surface area (Å²) in [7, 11) is 0. The molecule has 1 unspecified atom stereocenters. The molecule has 0 radical (unpaired) electrons. The molecule has 0 amide bonds. The van der Waals surface area contributed by atoms with E-state index >= 15 is 0 Å². The highest BCUT2D eigenvalue weighted by atomic mass is 19.4. The lowest BCUT2D eigenvalue weighted by Crippen LogP contribution is -2.27. The molecule has 0 aliphatic rings. The van der Waals surface area contributed by atoms with Crippen LogP contribution in [0.1, 0.15) is 23.4 Å². The highest BCUT2D eigenvalue weighted by molar-refractivity contribution is 5.76. The third kappa shape index (κ3) is 5.92. The number of anilines is 1. The number of hydrogen-bond acceptors (Lipinski definition) is 5. The monoisotopic (exact) mass is 491 g/mol. The van der Waals surface area contributed by atoms with Crippen molar-refractivity contribution in [1.29, 1.82) is 0 Å². The largest absolute Gasteiger partial charge is 0.417 e. The molecule has 0 fully saturated rings. The number of nitrogens with zero attached hydrogens (tertiary/aromatic N) is 3. The Morgan fingerprint density at radius 1 is 0.971 bits per heavy atom. The van der Waals surface area contributed by atoms with Gasteiger partial charge >= 0.3 is 6.18 Å². The number of pyridine rings is 1. The second kappa shape index (κ2) is 10.4. The van der Waals surface area contributed by atoms with Crippen molar-refractivity contribution in [3.63, 3.8) is 0 Å². The Balaban J connectivity index is 1.37. The van der Waals surface area contributed by atoms with Gasteiger partial charge in [-0.1, -0.05) is 18.2 Å². The zero-order valence-electron chi connectivity index (χ0n) is 18.4. The fourth-order valence-electron chi connectivity index (χ4n) is 3.61. The van der Waals surface area contributed by atoms with Crippen LogP contribution in [0.15, 0.2) is 60.8 Å². The van der Waals surface area contributed by atoms with E-state index in [1.165, 1.54) is 18.2 Å². The zero-order valence-corrected chi connectivity index (χ0v) is 18.4. The number of rotatable bonds is 9. The van der Waals surface area contributed by atoms with Crippen LogP contribution in [-0.2, 0) is 19.3 Å². The topological polar surface area (TPSA) is 75.0 Å². The van der Waals surface area contributed by atoms with Crippen LogP contribution in [-0.4, -0.2) is 32.4 Å². The smallest absolute Gasteiger partial charge is 0.374 e. The molecule has 0 aliphatic heterocycles. The number of aromatic nitrogens is 3. The van der Waals surface area contributed by atoms with Crippen LogP contribution >= 0.6 is 0 Å². The number of aliphatic hydroxyl groups excluding tert-OH is 1. The normalized spacial score (nSPS) is 12.7. The first-order chi connectivity index (χ1) is 16.7. The Hall–Kier alpha value is -3.57. The number of aliphatic hydroxyl groups is 1. The van der Waals surface area contributed by atoms with Gasteiger partial charge in [-0.25, -0.2) is 18.7 Å². The third-order valence-corrected chi connectivity index (χ3v) is 5.39. The Bertz CT molecular complexity index is 1270. The third-order valence-electron chi connectivity index (χ3n) is 5.39. The second-order valence-electron chi connectivity index (χ2n) is 7.86. The van der Waals surface area contributed by atoms with Crippen LogP contribution < -0.4 is 10.6 Å². The van der Waals surface area contributed by atoms with Gasteiger partial charge in [-0.15, -0.1) is 0 Å². The summed E-state index contributed by atoms with van der Waals surface area (Å²) in [4.78, 5) is 8.22. The summed E-state index contributed by atoms with van der Waals surface area (Å²) in [6.07, 6.45) is -4.64. The lowest BCUT2D eigenvalue weighted by Gasteiger charge is -2.15. The Morgan fingerprint density at radius 3 is 2.40 bits per heavy atom. The van der Waals surface area contributed by atoms with Crippen LogP contribution in [0.4, 0.5) is 27.8 Å². The van der Waals surface area contributed by atoms with Crippen molar-refractivity contribution in [2.45, 2.75) is 31.9 Å². The van der Waals surface area contributed by atoms with Gasteiger partial charge in [0.15, 0.2) is 0 Å². The van der Waals surface area contributed by atoms with Crippen LogP contribution in [0.5, 0.6) is 0 Å². The van der Waals surface area contributed by atoms with Gasteiger partial charge < -0.3 is 20.3 Å². The molecule has 184 valence electrons. The highest BCUT2D eigenvalue weighted by Crippen LogP contribution is 2.29. The number of fused-ring (bicyclic) bond motifs is 1. The van der Waals surface area contributed by atoms with Crippen LogP contribution in [0, 0.1) is 11.6 Å². The van der Waals surface area contributed by atoms with E-state index in [4.69, 9.17) is 0 Å². The summed E-state index contributed by atoms with van der Waals surface area (Å²) in [5.74, 6) is -0.625. The molecule has 0 aliphatic carbocycles. The van der Waals surface area contributed by atoms with E-state index in [1.807, 2.05) is 18.2 Å². The number of alkyl halides is 3. The molecule has 0 bridgehead atoms. The molecule has 4 rings (SSSR count). The van der Waals surface area contributed by atoms with E-state index in [-0.39, 0.29) is 30.9 Å². The number of hydrogen-bond donors (Lipinski definition) is 3. The molecule has 0 spiro atoms. The Kier molecular flexibility index (Phi) is 7.27. The van der Waals surface area contributed by atoms with Gasteiger partial charge in [0.25, 0.3) is 0 Å². The number of benzene rings is 2. The lowest BCUT2D eigenvalue weighted by molar-refractivity contribution is -0.137. The molecule has 11 heteroatoms.